The van der Waals surface area contributed by atoms with Crippen LogP contribution in [0.1, 0.15) is 25.5 Å². The molecule has 0 saturated carbocycles. The largest absolute Gasteiger partial charge is 0.383 e. The first-order valence-corrected chi connectivity index (χ1v) is 6.43. The first-order chi connectivity index (χ1) is 9.45. The van der Waals surface area contributed by atoms with Crippen molar-refractivity contribution in [1.82, 2.24) is 10.6 Å². The quantitative estimate of drug-likeness (QED) is 0.751. The zero-order chi connectivity index (χ0) is 15.1. The van der Waals surface area contributed by atoms with E-state index in [-0.39, 0.29) is 11.9 Å². The molecular weight excluding hydrogens is 266 g/mol. The molecule has 1 rings (SSSR count). The summed E-state index contributed by atoms with van der Waals surface area (Å²) in [7, 11) is 1.55. The Balaban J connectivity index is 2.53. The lowest BCUT2D eigenvalue weighted by molar-refractivity contribution is -0.123. The monoisotopic (exact) mass is 286 g/mol. The van der Waals surface area contributed by atoms with Gasteiger partial charge in [0.15, 0.2) is 11.6 Å². The predicted molar refractivity (Wildman–Crippen MR) is 72.3 cm³/mol. The number of methoxy groups -OCH3 is 1. The minimum absolute atomic E-state index is 0.170. The van der Waals surface area contributed by atoms with Crippen molar-refractivity contribution in [2.24, 2.45) is 0 Å². The molecule has 2 unspecified atom stereocenters. The van der Waals surface area contributed by atoms with Crippen LogP contribution in [0.2, 0.25) is 0 Å². The second-order valence-electron chi connectivity index (χ2n) is 4.57. The molecule has 0 saturated heterocycles. The Bertz CT molecular complexity index is 455. The Morgan fingerprint density at radius 2 is 2.00 bits per heavy atom. The zero-order valence-corrected chi connectivity index (χ0v) is 11.9. The van der Waals surface area contributed by atoms with Crippen LogP contribution in [-0.2, 0) is 9.53 Å². The Morgan fingerprint density at radius 1 is 1.30 bits per heavy atom. The highest BCUT2D eigenvalue weighted by Gasteiger charge is 2.16. The van der Waals surface area contributed by atoms with Crippen LogP contribution in [0.25, 0.3) is 0 Å². The molecule has 0 aliphatic carbocycles. The molecule has 2 atom stereocenters. The lowest BCUT2D eigenvalue weighted by Crippen LogP contribution is -2.44. The van der Waals surface area contributed by atoms with Crippen LogP contribution in [0.15, 0.2) is 18.2 Å². The predicted octanol–water partition coefficient (Wildman–Crippen LogP) is 1.77. The normalized spacial score (nSPS) is 13.8. The SMILES string of the molecule is COCCNC(=O)C(C)NC(C)c1ccc(F)c(F)c1. The third-order valence-electron chi connectivity index (χ3n) is 2.94. The number of hydrogen-bond acceptors (Lipinski definition) is 3. The second-order valence-corrected chi connectivity index (χ2v) is 4.57. The Labute approximate surface area is 117 Å². The number of nitrogens with one attached hydrogen (secondary N) is 2. The van der Waals surface area contributed by atoms with Crippen molar-refractivity contribution in [1.29, 1.82) is 0 Å². The van der Waals surface area contributed by atoms with Crippen molar-refractivity contribution in [3.63, 3.8) is 0 Å². The molecule has 1 aromatic rings. The topological polar surface area (TPSA) is 50.4 Å². The van der Waals surface area contributed by atoms with Gasteiger partial charge in [-0.25, -0.2) is 8.78 Å². The van der Waals surface area contributed by atoms with Crippen LogP contribution in [0.4, 0.5) is 8.78 Å². The maximum absolute atomic E-state index is 13.1. The number of hydrogen-bond donors (Lipinski definition) is 2. The molecule has 6 heteroatoms. The summed E-state index contributed by atoms with van der Waals surface area (Å²) < 4.78 is 30.8. The maximum atomic E-state index is 13.1. The number of ether oxygens (including phenoxy) is 1. The lowest BCUT2D eigenvalue weighted by atomic mass is 10.1. The van der Waals surface area contributed by atoms with Gasteiger partial charge in [0.05, 0.1) is 12.6 Å². The van der Waals surface area contributed by atoms with E-state index in [0.717, 1.165) is 12.1 Å². The molecule has 0 bridgehead atoms. The first-order valence-electron chi connectivity index (χ1n) is 6.43. The van der Waals surface area contributed by atoms with Crippen molar-refractivity contribution >= 4 is 5.91 Å². The fourth-order valence-electron chi connectivity index (χ4n) is 1.76. The van der Waals surface area contributed by atoms with Gasteiger partial charge in [-0.05, 0) is 31.5 Å². The van der Waals surface area contributed by atoms with E-state index in [4.69, 9.17) is 4.74 Å². The highest BCUT2D eigenvalue weighted by Crippen LogP contribution is 2.16. The summed E-state index contributed by atoms with van der Waals surface area (Å²) in [6.07, 6.45) is 0. The van der Waals surface area contributed by atoms with Gasteiger partial charge in [-0.15, -0.1) is 0 Å². The average Bonchev–Trinajstić information content (AvgIpc) is 2.41. The Morgan fingerprint density at radius 3 is 2.60 bits per heavy atom. The van der Waals surface area contributed by atoms with Gasteiger partial charge < -0.3 is 10.1 Å². The summed E-state index contributed by atoms with van der Waals surface area (Å²) in [5, 5.41) is 5.73. The van der Waals surface area contributed by atoms with Crippen LogP contribution in [0.5, 0.6) is 0 Å². The summed E-state index contributed by atoms with van der Waals surface area (Å²) in [6, 6.07) is 2.98. The summed E-state index contributed by atoms with van der Waals surface area (Å²) in [5.74, 6) is -1.95. The van der Waals surface area contributed by atoms with E-state index in [1.807, 2.05) is 0 Å². The molecule has 2 N–H and O–H groups in total. The van der Waals surface area contributed by atoms with Gasteiger partial charge >= 0.3 is 0 Å². The third kappa shape index (κ3) is 4.86. The fourth-order valence-corrected chi connectivity index (χ4v) is 1.76. The summed E-state index contributed by atoms with van der Waals surface area (Å²) in [5.41, 5.74) is 0.584. The van der Waals surface area contributed by atoms with E-state index in [1.54, 1.807) is 21.0 Å². The molecule has 0 aromatic heterocycles. The van der Waals surface area contributed by atoms with Gasteiger partial charge in [-0.3, -0.25) is 10.1 Å². The molecular formula is C14H20F2N2O2. The summed E-state index contributed by atoms with van der Waals surface area (Å²) in [4.78, 5) is 11.7. The van der Waals surface area contributed by atoms with Crippen LogP contribution in [0.3, 0.4) is 0 Å². The maximum Gasteiger partial charge on any atom is 0.236 e. The average molecular weight is 286 g/mol. The summed E-state index contributed by atoms with van der Waals surface area (Å²) in [6.45, 7) is 4.36. The number of carbonyl (C=O) groups is 1. The smallest absolute Gasteiger partial charge is 0.236 e. The molecule has 20 heavy (non-hydrogen) atoms. The molecule has 0 aliphatic heterocycles. The molecule has 1 aromatic carbocycles. The van der Waals surface area contributed by atoms with Crippen LogP contribution in [-0.4, -0.2) is 32.2 Å². The summed E-state index contributed by atoms with van der Waals surface area (Å²) >= 11 is 0. The van der Waals surface area contributed by atoms with Crippen LogP contribution >= 0.6 is 0 Å². The lowest BCUT2D eigenvalue weighted by Gasteiger charge is -2.20. The van der Waals surface area contributed by atoms with E-state index in [2.05, 4.69) is 10.6 Å². The zero-order valence-electron chi connectivity index (χ0n) is 11.9. The van der Waals surface area contributed by atoms with Crippen molar-refractivity contribution in [3.8, 4) is 0 Å². The van der Waals surface area contributed by atoms with Crippen molar-refractivity contribution in [2.45, 2.75) is 25.9 Å². The Kier molecular flexibility index (Phi) is 6.54. The van der Waals surface area contributed by atoms with Crippen molar-refractivity contribution in [3.05, 3.63) is 35.4 Å². The molecule has 0 fully saturated rings. The van der Waals surface area contributed by atoms with Gasteiger partial charge in [-0.2, -0.15) is 0 Å². The Hall–Kier alpha value is -1.53. The van der Waals surface area contributed by atoms with Crippen LogP contribution in [0, 0.1) is 11.6 Å². The van der Waals surface area contributed by atoms with Gasteiger partial charge in [0.25, 0.3) is 0 Å². The number of benzene rings is 1. The first kappa shape index (κ1) is 16.5. The number of carbonyl (C=O) groups excluding carboxylic acids is 1. The minimum Gasteiger partial charge on any atom is -0.383 e. The highest BCUT2D eigenvalue weighted by atomic mass is 19.2. The molecule has 0 spiro atoms. The fraction of sp³-hybridized carbons (Fsp3) is 0.500. The van der Waals surface area contributed by atoms with E-state index in [9.17, 15) is 13.6 Å². The van der Waals surface area contributed by atoms with Gasteiger partial charge in [-0.1, -0.05) is 6.07 Å². The molecule has 0 aliphatic rings. The van der Waals surface area contributed by atoms with Gasteiger partial charge in [0.2, 0.25) is 5.91 Å². The molecule has 112 valence electrons. The van der Waals surface area contributed by atoms with E-state index in [0.29, 0.717) is 18.7 Å². The van der Waals surface area contributed by atoms with E-state index in [1.165, 1.54) is 6.07 Å². The molecule has 0 heterocycles. The standard InChI is InChI=1S/C14H20F2N2O2/c1-9(11-4-5-12(15)13(16)8-11)18-10(2)14(19)17-6-7-20-3/h4-5,8-10,18H,6-7H2,1-3H3,(H,17,19). The molecule has 0 radical (unpaired) electrons. The van der Waals surface area contributed by atoms with E-state index >= 15 is 0 Å². The van der Waals surface area contributed by atoms with Gasteiger partial charge in [0, 0.05) is 19.7 Å². The molecule has 4 nitrogen and oxygen atoms in total. The molecule has 1 amide bonds. The number of amides is 1. The van der Waals surface area contributed by atoms with Crippen LogP contribution < -0.4 is 10.6 Å². The minimum atomic E-state index is -0.895. The van der Waals surface area contributed by atoms with Gasteiger partial charge in [0.1, 0.15) is 0 Å². The number of rotatable bonds is 7. The van der Waals surface area contributed by atoms with Crippen molar-refractivity contribution < 1.29 is 18.3 Å². The van der Waals surface area contributed by atoms with Crippen molar-refractivity contribution in [2.75, 3.05) is 20.3 Å². The highest BCUT2D eigenvalue weighted by molar-refractivity contribution is 5.81. The second kappa shape index (κ2) is 7.91. The third-order valence-corrected chi connectivity index (χ3v) is 2.94. The van der Waals surface area contributed by atoms with E-state index < -0.39 is 17.7 Å². The number of halogens is 2.